The summed E-state index contributed by atoms with van der Waals surface area (Å²) in [5.74, 6) is -0.294. The first-order valence-corrected chi connectivity index (χ1v) is 11.5. The van der Waals surface area contributed by atoms with Crippen molar-refractivity contribution >= 4 is 38.9 Å². The van der Waals surface area contributed by atoms with Crippen molar-refractivity contribution in [3.63, 3.8) is 0 Å². The number of benzene rings is 3. The van der Waals surface area contributed by atoms with E-state index in [0.29, 0.717) is 22.8 Å². The highest BCUT2D eigenvalue weighted by atomic mass is 32.2. The van der Waals surface area contributed by atoms with Gasteiger partial charge in [-0.15, -0.1) is 0 Å². The number of rotatable bonds is 7. The highest BCUT2D eigenvalue weighted by molar-refractivity contribution is 7.92. The zero-order chi connectivity index (χ0) is 24.2. The minimum Gasteiger partial charge on any atom is -0.495 e. The van der Waals surface area contributed by atoms with Crippen LogP contribution in [0.3, 0.4) is 0 Å². The fourth-order valence-corrected chi connectivity index (χ4v) is 4.14. The number of sulfonamides is 1. The fourth-order valence-electron chi connectivity index (χ4n) is 3.09. The van der Waals surface area contributed by atoms with Gasteiger partial charge in [-0.05, 0) is 79.6 Å². The van der Waals surface area contributed by atoms with Gasteiger partial charge in [-0.1, -0.05) is 6.07 Å². The lowest BCUT2D eigenvalue weighted by Gasteiger charge is -2.13. The fraction of sp³-hybridized carbons (Fsp3) is 0.167. The van der Waals surface area contributed by atoms with Crippen LogP contribution in [0.4, 0.5) is 17.1 Å². The van der Waals surface area contributed by atoms with Crippen molar-refractivity contribution < 1.29 is 22.7 Å². The molecule has 0 saturated carbocycles. The van der Waals surface area contributed by atoms with Crippen LogP contribution in [0.15, 0.2) is 65.6 Å². The first kappa shape index (κ1) is 23.8. The van der Waals surface area contributed by atoms with Crippen LogP contribution < -0.4 is 20.1 Å². The van der Waals surface area contributed by atoms with E-state index in [1.807, 2.05) is 19.9 Å². The molecule has 2 amide bonds. The monoisotopic (exact) mass is 467 g/mol. The third-order valence-corrected chi connectivity index (χ3v) is 6.35. The largest absolute Gasteiger partial charge is 0.495 e. The molecule has 0 radical (unpaired) electrons. The molecule has 0 unspecified atom stereocenters. The van der Waals surface area contributed by atoms with Gasteiger partial charge in [0.25, 0.3) is 15.9 Å². The van der Waals surface area contributed by atoms with Crippen molar-refractivity contribution in [2.75, 3.05) is 22.5 Å². The van der Waals surface area contributed by atoms with Crippen molar-refractivity contribution in [2.24, 2.45) is 0 Å². The van der Waals surface area contributed by atoms with Crippen LogP contribution in [-0.2, 0) is 14.8 Å². The number of methoxy groups -OCH3 is 1. The van der Waals surface area contributed by atoms with Crippen LogP contribution in [0.1, 0.15) is 28.4 Å². The Morgan fingerprint density at radius 3 is 2.09 bits per heavy atom. The molecule has 0 spiro atoms. The molecular formula is C24H25N3O5S. The molecule has 8 nitrogen and oxygen atoms in total. The normalized spacial score (nSPS) is 10.9. The van der Waals surface area contributed by atoms with Gasteiger partial charge in [-0.3, -0.25) is 14.3 Å². The number of ether oxygens (including phenoxy) is 1. The molecular weight excluding hydrogens is 442 g/mol. The van der Waals surface area contributed by atoms with E-state index in [-0.39, 0.29) is 16.4 Å². The third-order valence-electron chi connectivity index (χ3n) is 4.95. The summed E-state index contributed by atoms with van der Waals surface area (Å²) in [7, 11) is -2.35. The first-order chi connectivity index (χ1) is 15.6. The SMILES string of the molecule is COc1ccc(NC(C)=O)cc1NC(=O)c1ccc(S(=O)(=O)Nc2ccc(C)c(C)c2)cc1. The zero-order valence-corrected chi connectivity index (χ0v) is 19.5. The van der Waals surface area contributed by atoms with Crippen molar-refractivity contribution in [3.05, 3.63) is 77.4 Å². The topological polar surface area (TPSA) is 114 Å². The maximum Gasteiger partial charge on any atom is 0.261 e. The average Bonchev–Trinajstić information content (AvgIpc) is 2.76. The van der Waals surface area contributed by atoms with E-state index in [1.165, 1.54) is 38.3 Å². The average molecular weight is 468 g/mol. The van der Waals surface area contributed by atoms with E-state index in [0.717, 1.165) is 11.1 Å². The van der Waals surface area contributed by atoms with Gasteiger partial charge in [0.05, 0.1) is 17.7 Å². The molecule has 3 aromatic carbocycles. The summed E-state index contributed by atoms with van der Waals surface area (Å²) in [5.41, 5.74) is 3.62. The van der Waals surface area contributed by atoms with Crippen LogP contribution in [-0.4, -0.2) is 27.3 Å². The number of aryl methyl sites for hydroxylation is 2. The van der Waals surface area contributed by atoms with Crippen LogP contribution >= 0.6 is 0 Å². The second kappa shape index (κ2) is 9.74. The Kier molecular flexibility index (Phi) is 7.03. The lowest BCUT2D eigenvalue weighted by Crippen LogP contribution is -2.15. The summed E-state index contributed by atoms with van der Waals surface area (Å²) in [6, 6.07) is 15.7. The van der Waals surface area contributed by atoms with E-state index in [4.69, 9.17) is 4.74 Å². The van der Waals surface area contributed by atoms with Crippen LogP contribution in [0, 0.1) is 13.8 Å². The second-order valence-electron chi connectivity index (χ2n) is 7.48. The number of nitrogens with one attached hydrogen (secondary N) is 3. The Morgan fingerprint density at radius 2 is 1.48 bits per heavy atom. The molecule has 3 N–H and O–H groups in total. The predicted molar refractivity (Wildman–Crippen MR) is 128 cm³/mol. The quantitative estimate of drug-likeness (QED) is 0.479. The van der Waals surface area contributed by atoms with Crippen LogP contribution in [0.5, 0.6) is 5.75 Å². The summed E-state index contributed by atoms with van der Waals surface area (Å²) in [5, 5.41) is 5.36. The Morgan fingerprint density at radius 1 is 0.818 bits per heavy atom. The molecule has 3 aromatic rings. The number of amides is 2. The van der Waals surface area contributed by atoms with Gasteiger partial charge in [0.1, 0.15) is 5.75 Å². The molecule has 0 fully saturated rings. The molecule has 0 bridgehead atoms. The molecule has 172 valence electrons. The maximum atomic E-state index is 12.7. The van der Waals surface area contributed by atoms with Gasteiger partial charge >= 0.3 is 0 Å². The molecule has 33 heavy (non-hydrogen) atoms. The number of hydrogen-bond donors (Lipinski definition) is 3. The molecule has 0 aliphatic heterocycles. The lowest BCUT2D eigenvalue weighted by molar-refractivity contribution is -0.114. The number of carbonyl (C=O) groups is 2. The summed E-state index contributed by atoms with van der Waals surface area (Å²) in [4.78, 5) is 24.0. The molecule has 3 rings (SSSR count). The Labute approximate surface area is 193 Å². The van der Waals surface area contributed by atoms with E-state index in [2.05, 4.69) is 15.4 Å². The standard InChI is InChI=1S/C24H25N3O5S/c1-15-5-8-20(13-16(15)2)27-33(30,31)21-10-6-18(7-11-21)24(29)26-22-14-19(25-17(3)28)9-12-23(22)32-4/h5-14,27H,1-4H3,(H,25,28)(H,26,29). The Hall–Kier alpha value is -3.85. The van der Waals surface area contributed by atoms with Gasteiger partial charge in [0.15, 0.2) is 0 Å². The van der Waals surface area contributed by atoms with Crippen molar-refractivity contribution in [1.29, 1.82) is 0 Å². The molecule has 0 aliphatic carbocycles. The smallest absolute Gasteiger partial charge is 0.261 e. The van der Waals surface area contributed by atoms with Crippen molar-refractivity contribution in [3.8, 4) is 5.75 Å². The van der Waals surface area contributed by atoms with E-state index in [9.17, 15) is 18.0 Å². The minimum absolute atomic E-state index is 0.0301. The van der Waals surface area contributed by atoms with Crippen LogP contribution in [0.25, 0.3) is 0 Å². The second-order valence-corrected chi connectivity index (χ2v) is 9.16. The van der Waals surface area contributed by atoms with Crippen molar-refractivity contribution in [1.82, 2.24) is 0 Å². The number of anilines is 3. The van der Waals surface area contributed by atoms with Gasteiger partial charge in [-0.2, -0.15) is 0 Å². The summed E-state index contributed by atoms with van der Waals surface area (Å²) in [6.07, 6.45) is 0. The molecule has 0 aromatic heterocycles. The summed E-state index contributed by atoms with van der Waals surface area (Å²) >= 11 is 0. The highest BCUT2D eigenvalue weighted by Gasteiger charge is 2.17. The molecule has 9 heteroatoms. The van der Waals surface area contributed by atoms with E-state index in [1.54, 1.807) is 30.3 Å². The summed E-state index contributed by atoms with van der Waals surface area (Å²) in [6.45, 7) is 5.23. The first-order valence-electron chi connectivity index (χ1n) is 10.1. The summed E-state index contributed by atoms with van der Waals surface area (Å²) < 4.78 is 33.2. The molecule has 0 saturated heterocycles. The maximum absolute atomic E-state index is 12.7. The number of hydrogen-bond acceptors (Lipinski definition) is 5. The lowest BCUT2D eigenvalue weighted by atomic mass is 10.1. The zero-order valence-electron chi connectivity index (χ0n) is 18.7. The van der Waals surface area contributed by atoms with Gasteiger partial charge < -0.3 is 15.4 Å². The third kappa shape index (κ3) is 5.89. The molecule has 0 heterocycles. The highest BCUT2D eigenvalue weighted by Crippen LogP contribution is 2.28. The predicted octanol–water partition coefficient (Wildman–Crippen LogP) is 4.32. The van der Waals surface area contributed by atoms with Crippen LogP contribution in [0.2, 0.25) is 0 Å². The van der Waals surface area contributed by atoms with Gasteiger partial charge in [0, 0.05) is 23.9 Å². The number of carbonyl (C=O) groups excluding carboxylic acids is 2. The van der Waals surface area contributed by atoms with Crippen molar-refractivity contribution in [2.45, 2.75) is 25.7 Å². The Bertz CT molecular complexity index is 1300. The van der Waals surface area contributed by atoms with Gasteiger partial charge in [-0.25, -0.2) is 8.42 Å². The minimum atomic E-state index is -3.81. The van der Waals surface area contributed by atoms with E-state index >= 15 is 0 Å². The van der Waals surface area contributed by atoms with Gasteiger partial charge in [0.2, 0.25) is 5.91 Å². The molecule has 0 atom stereocenters. The Balaban J connectivity index is 1.77. The molecule has 0 aliphatic rings. The van der Waals surface area contributed by atoms with E-state index < -0.39 is 15.9 Å².